The molecule has 15 heteroatoms. The van der Waals surface area contributed by atoms with Crippen molar-refractivity contribution in [3.63, 3.8) is 0 Å². The zero-order valence-corrected chi connectivity index (χ0v) is 27.7. The number of nitrogens with one attached hydrogen (secondary N) is 2. The smallest absolute Gasteiger partial charge is 0.422 e. The van der Waals surface area contributed by atoms with Crippen LogP contribution in [0.5, 0.6) is 5.75 Å². The summed E-state index contributed by atoms with van der Waals surface area (Å²) in [7, 11) is 0.430. The maximum Gasteiger partial charge on any atom is 0.422 e. The molecule has 3 aromatic rings. The molecule has 246 valence electrons. The molecule has 0 aliphatic heterocycles. The summed E-state index contributed by atoms with van der Waals surface area (Å²) < 4.78 is 113. The second-order valence-electron chi connectivity index (χ2n) is 10.8. The molecule has 1 aromatic heterocycles. The summed E-state index contributed by atoms with van der Waals surface area (Å²) in [5.41, 5.74) is 1.26. The highest BCUT2D eigenvalue weighted by molar-refractivity contribution is 14.2. The van der Waals surface area contributed by atoms with Gasteiger partial charge in [-0.15, -0.1) is 0 Å². The van der Waals surface area contributed by atoms with Crippen molar-refractivity contribution in [3.05, 3.63) is 48.2 Å². The zero-order valence-electron chi connectivity index (χ0n) is 24.7. The van der Waals surface area contributed by atoms with Gasteiger partial charge in [-0.2, -0.15) is 26.3 Å². The van der Waals surface area contributed by atoms with Gasteiger partial charge < -0.3 is 19.9 Å². The van der Waals surface area contributed by atoms with E-state index in [-0.39, 0.29) is 55.6 Å². The molecule has 1 heterocycles. The fourth-order valence-corrected chi connectivity index (χ4v) is 8.02. The lowest BCUT2D eigenvalue weighted by Crippen LogP contribution is -2.26. The number of aromatic nitrogens is 1. The molecule has 1 fully saturated rings. The van der Waals surface area contributed by atoms with E-state index in [2.05, 4.69) is 39.7 Å². The van der Waals surface area contributed by atoms with Crippen LogP contribution in [0.4, 0.5) is 37.7 Å². The van der Waals surface area contributed by atoms with E-state index in [0.717, 1.165) is 48.3 Å². The summed E-state index contributed by atoms with van der Waals surface area (Å²) in [6.07, 6.45) is -4.33. The van der Waals surface area contributed by atoms with E-state index >= 15 is 0 Å². The van der Waals surface area contributed by atoms with Crippen LogP contribution in [0.15, 0.2) is 47.4 Å². The second kappa shape index (κ2) is 14.2. The second-order valence-corrected chi connectivity index (χ2v) is 16.7. The van der Waals surface area contributed by atoms with Crippen LogP contribution in [0.25, 0.3) is 10.9 Å². The molecule has 2 aromatic carbocycles. The fraction of sp³-hybridized carbons (Fsp3) is 0.433. The number of alkyl halides is 6. The topological polar surface area (TPSA) is 75.6 Å². The van der Waals surface area contributed by atoms with Gasteiger partial charge in [0.1, 0.15) is 12.3 Å². The van der Waals surface area contributed by atoms with Crippen LogP contribution in [0.1, 0.15) is 31.4 Å². The molecule has 0 atom stereocenters. The largest absolute Gasteiger partial charge is 0.482 e. The van der Waals surface area contributed by atoms with Crippen molar-refractivity contribution < 1.29 is 39.5 Å². The van der Waals surface area contributed by atoms with Gasteiger partial charge in [-0.3, -0.25) is 3.11 Å². The highest BCUT2D eigenvalue weighted by Crippen LogP contribution is 2.33. The molecule has 1 aliphatic rings. The Morgan fingerprint density at radius 3 is 2.36 bits per heavy atom. The van der Waals surface area contributed by atoms with Crippen LogP contribution in [-0.4, -0.2) is 71.5 Å². The van der Waals surface area contributed by atoms with E-state index in [1.54, 1.807) is 21.7 Å². The van der Waals surface area contributed by atoms with Gasteiger partial charge in [-0.1, -0.05) is 12.0 Å². The van der Waals surface area contributed by atoms with Gasteiger partial charge in [0.05, 0.1) is 28.3 Å². The normalized spacial score (nSPS) is 16.0. The maximum atomic E-state index is 13.6. The third kappa shape index (κ3) is 10.3. The van der Waals surface area contributed by atoms with Crippen LogP contribution in [0.3, 0.4) is 0 Å². The van der Waals surface area contributed by atoms with Gasteiger partial charge in [0.15, 0.2) is 16.4 Å². The molecule has 7 nitrogen and oxygen atoms in total. The molecule has 4 rings (SSSR count). The third-order valence-corrected chi connectivity index (χ3v) is 10.7. The van der Waals surface area contributed by atoms with Crippen LogP contribution in [0.2, 0.25) is 0 Å². The van der Waals surface area contributed by atoms with Crippen molar-refractivity contribution in [1.29, 1.82) is 0 Å². The molecule has 0 spiro atoms. The third-order valence-electron chi connectivity index (χ3n) is 6.82. The van der Waals surface area contributed by atoms with E-state index < -0.39 is 35.3 Å². The molecule has 0 unspecified atom stereocenters. The number of ether oxygens (including phenoxy) is 1. The van der Waals surface area contributed by atoms with E-state index in [1.807, 2.05) is 6.07 Å². The van der Waals surface area contributed by atoms with E-state index in [1.165, 1.54) is 12.1 Å². The molecule has 45 heavy (non-hydrogen) atoms. The van der Waals surface area contributed by atoms with Gasteiger partial charge in [0, 0.05) is 29.4 Å². The summed E-state index contributed by atoms with van der Waals surface area (Å²) in [6.45, 7) is -3.07. The monoisotopic (exact) mass is 770 g/mol. The lowest BCUT2D eigenvalue weighted by Gasteiger charge is -2.26. The van der Waals surface area contributed by atoms with Gasteiger partial charge in [-0.25, -0.2) is 8.42 Å². The summed E-state index contributed by atoms with van der Waals surface area (Å²) in [6, 6.07) is 10.4. The van der Waals surface area contributed by atoms with Crippen LogP contribution >= 0.6 is 21.0 Å². The number of sulfone groups is 1. The Morgan fingerprint density at radius 2 is 1.73 bits per heavy atom. The fourth-order valence-electron chi connectivity index (χ4n) is 4.91. The summed E-state index contributed by atoms with van der Waals surface area (Å²) >= 11 is -0.103. The van der Waals surface area contributed by atoms with Crippen molar-refractivity contribution in [3.8, 4) is 17.6 Å². The average Bonchev–Trinajstić information content (AvgIpc) is 3.26. The lowest BCUT2D eigenvalue weighted by atomic mass is 9.95. The first kappa shape index (κ1) is 34.9. The van der Waals surface area contributed by atoms with Gasteiger partial charge in [0.2, 0.25) is 0 Å². The predicted octanol–water partition coefficient (Wildman–Crippen LogP) is 6.99. The molecule has 1 aliphatic carbocycles. The zero-order chi connectivity index (χ0) is 33.0. The Labute approximate surface area is 268 Å². The number of hydrogen-bond acceptors (Lipinski definition) is 6. The van der Waals surface area contributed by atoms with E-state index in [0.29, 0.717) is 10.9 Å². The molecule has 0 saturated heterocycles. The number of rotatable bonds is 9. The molecule has 0 bridgehead atoms. The Morgan fingerprint density at radius 1 is 1.02 bits per heavy atom. The minimum Gasteiger partial charge on any atom is -0.482 e. The summed E-state index contributed by atoms with van der Waals surface area (Å²) in [5.74, 6) is 5.14. The standard InChI is InChI=1S/C30H33F6IN4O3S/c1-40(2)37-20-9-11-21(12-10-20)39-25-7-4-8-27-24(25)16-22(41(27)18-29(31,32)33)6-5-15-38-26-14-13-23(45(3,42)43)17-28(26)44-19-30(34,35)36/h4,7-8,13-14,16-17,21,38-39H,9-12,15,18-19H2,1-3H3. The van der Waals surface area contributed by atoms with E-state index in [4.69, 9.17) is 4.74 Å². The molecular weight excluding hydrogens is 737 g/mol. The van der Waals surface area contributed by atoms with Crippen molar-refractivity contribution in [2.75, 3.05) is 44.1 Å². The van der Waals surface area contributed by atoms with Crippen LogP contribution < -0.4 is 15.4 Å². The molecule has 1 saturated carbocycles. The van der Waals surface area contributed by atoms with Crippen molar-refractivity contribution in [2.24, 2.45) is 0 Å². The summed E-state index contributed by atoms with van der Waals surface area (Å²) in [5, 5.41) is 6.91. The van der Waals surface area contributed by atoms with Crippen molar-refractivity contribution >= 4 is 56.6 Å². The van der Waals surface area contributed by atoms with Gasteiger partial charge in [0.25, 0.3) is 0 Å². The average molecular weight is 771 g/mol. The highest BCUT2D eigenvalue weighted by atomic mass is 127. The van der Waals surface area contributed by atoms with Gasteiger partial charge >= 0.3 is 12.4 Å². The van der Waals surface area contributed by atoms with E-state index in [9.17, 15) is 34.8 Å². The number of fused-ring (bicyclic) bond motifs is 1. The van der Waals surface area contributed by atoms with Crippen LogP contribution in [-0.2, 0) is 16.4 Å². The SMILES string of the molecule is CN(C)I=C1CCC(Nc2cccc3c2cc(C#CCNc2ccc(S(C)(=O)=O)cc2OCC(F)(F)F)n3CC(F)(F)F)CC1. The number of benzene rings is 2. The quantitative estimate of drug-likeness (QED) is 0.106. The number of hydrogen-bond donors (Lipinski definition) is 2. The van der Waals surface area contributed by atoms with Gasteiger partial charge in [-0.05, 0) is 101 Å². The Kier molecular flexibility index (Phi) is 11.0. The first-order valence-corrected chi connectivity index (χ1v) is 17.8. The number of nitrogens with zero attached hydrogens (tertiary/aromatic N) is 2. The maximum absolute atomic E-state index is 13.6. The Bertz CT molecular complexity index is 1710. The minimum absolute atomic E-state index is 0.0452. The predicted molar refractivity (Wildman–Crippen MR) is 173 cm³/mol. The lowest BCUT2D eigenvalue weighted by molar-refractivity contribution is -0.153. The first-order chi connectivity index (χ1) is 21.0. The van der Waals surface area contributed by atoms with Crippen molar-refractivity contribution in [1.82, 2.24) is 7.68 Å². The Balaban J connectivity index is 1.58. The highest BCUT2D eigenvalue weighted by Gasteiger charge is 2.31. The van der Waals surface area contributed by atoms with Crippen molar-refractivity contribution in [2.45, 2.75) is 55.5 Å². The first-order valence-electron chi connectivity index (χ1n) is 13.9. The molecule has 2 N–H and O–H groups in total. The number of halogens is 7. The number of anilines is 2. The molecule has 0 radical (unpaired) electrons. The Hall–Kier alpha value is -2.97. The summed E-state index contributed by atoms with van der Waals surface area (Å²) in [4.78, 5) is -0.237. The minimum atomic E-state index is -4.66. The van der Waals surface area contributed by atoms with Crippen LogP contribution in [0, 0.1) is 11.8 Å². The molecular formula is C30H33F6IN4O3S. The molecule has 0 amide bonds.